The lowest BCUT2D eigenvalue weighted by Gasteiger charge is -2.26. The molecule has 4 heterocycles. The summed E-state index contributed by atoms with van der Waals surface area (Å²) >= 11 is 7.48. The molecule has 2 amide bonds. The maximum atomic E-state index is 13.2. The number of aromatic nitrogens is 4. The number of fused-ring (bicyclic) bond motifs is 1. The van der Waals surface area contributed by atoms with Gasteiger partial charge in [-0.15, -0.1) is 11.3 Å². The lowest BCUT2D eigenvalue weighted by Crippen LogP contribution is -2.40. The number of ether oxygens (including phenoxy) is 1. The number of carboxylic acid groups (broad SMARTS) is 1. The van der Waals surface area contributed by atoms with E-state index in [1.807, 2.05) is 11.8 Å². The number of hydrogen-bond donors (Lipinski definition) is 2. The van der Waals surface area contributed by atoms with Gasteiger partial charge in [0.25, 0.3) is 5.91 Å². The third-order valence-corrected chi connectivity index (χ3v) is 7.65. The van der Waals surface area contributed by atoms with Crippen molar-refractivity contribution in [2.24, 2.45) is 11.8 Å². The lowest BCUT2D eigenvalue weighted by atomic mass is 9.95. The molecule has 2 aliphatic rings. The number of likely N-dealkylation sites (tertiary alicyclic amines) is 1. The first kappa shape index (κ1) is 23.4. The second-order valence-corrected chi connectivity index (χ2v) is 10.6. The van der Waals surface area contributed by atoms with Crippen molar-refractivity contribution in [3.8, 4) is 16.7 Å². The molecule has 0 bridgehead atoms. The Balaban J connectivity index is 1.23. The van der Waals surface area contributed by atoms with Crippen LogP contribution in [-0.4, -0.2) is 61.1 Å². The molecule has 5 rings (SSSR count). The van der Waals surface area contributed by atoms with Crippen molar-refractivity contribution < 1.29 is 19.4 Å². The maximum absolute atomic E-state index is 13.2. The van der Waals surface area contributed by atoms with E-state index >= 15 is 0 Å². The molecule has 3 aromatic heterocycles. The van der Waals surface area contributed by atoms with Crippen molar-refractivity contribution in [2.45, 2.75) is 32.4 Å². The van der Waals surface area contributed by atoms with Gasteiger partial charge in [0.15, 0.2) is 10.8 Å². The van der Waals surface area contributed by atoms with E-state index in [2.05, 4.69) is 25.3 Å². The van der Waals surface area contributed by atoms with Gasteiger partial charge in [-0.25, -0.2) is 24.7 Å². The molecule has 1 aliphatic carbocycles. The Labute approximate surface area is 210 Å². The van der Waals surface area contributed by atoms with Crippen molar-refractivity contribution in [3.63, 3.8) is 0 Å². The number of carbonyl (C=O) groups is 2. The summed E-state index contributed by atoms with van der Waals surface area (Å²) < 4.78 is 6.10. The minimum absolute atomic E-state index is 0.0437. The van der Waals surface area contributed by atoms with Gasteiger partial charge in [0.2, 0.25) is 5.88 Å². The number of carbonyl (C=O) groups excluding carboxylic acids is 1. The number of hydrogen-bond acceptors (Lipinski definition) is 8. The largest absolute Gasteiger partial charge is 0.474 e. The Morgan fingerprint density at radius 1 is 1.20 bits per heavy atom. The molecule has 1 unspecified atom stereocenters. The van der Waals surface area contributed by atoms with Gasteiger partial charge in [0.1, 0.15) is 16.1 Å². The van der Waals surface area contributed by atoms with Gasteiger partial charge in [-0.3, -0.25) is 4.79 Å². The summed E-state index contributed by atoms with van der Waals surface area (Å²) in [7, 11) is 0. The van der Waals surface area contributed by atoms with Gasteiger partial charge in [0.05, 0.1) is 11.2 Å². The topological polar surface area (TPSA) is 130 Å². The van der Waals surface area contributed by atoms with Crippen LogP contribution in [0.3, 0.4) is 0 Å². The highest BCUT2D eigenvalue weighted by Crippen LogP contribution is 2.48. The predicted octanol–water partition coefficient (Wildman–Crippen LogP) is 3.61. The second-order valence-electron chi connectivity index (χ2n) is 9.20. The smallest absolute Gasteiger partial charge is 0.405 e. The van der Waals surface area contributed by atoms with Crippen molar-refractivity contribution >= 4 is 34.9 Å². The van der Waals surface area contributed by atoms with Crippen LogP contribution in [0.5, 0.6) is 5.88 Å². The minimum Gasteiger partial charge on any atom is -0.474 e. The number of amides is 2. The molecular formula is C23H23ClN6O4S. The fourth-order valence-corrected chi connectivity index (χ4v) is 5.61. The molecule has 2 N–H and O–H groups in total. The fraction of sp³-hybridized carbons (Fsp3) is 0.391. The number of pyridine rings is 1. The molecule has 10 nitrogen and oxygen atoms in total. The van der Waals surface area contributed by atoms with Crippen LogP contribution in [-0.2, 0) is 5.54 Å². The highest BCUT2D eigenvalue weighted by molar-refractivity contribution is 7.17. The molecule has 1 saturated heterocycles. The molecule has 12 heteroatoms. The van der Waals surface area contributed by atoms with E-state index < -0.39 is 11.6 Å². The van der Waals surface area contributed by atoms with E-state index in [1.54, 1.807) is 44.4 Å². The number of nitrogens with zero attached hydrogens (tertiary/aromatic N) is 5. The summed E-state index contributed by atoms with van der Waals surface area (Å²) in [5, 5.41) is 12.4. The average molecular weight is 515 g/mol. The summed E-state index contributed by atoms with van der Waals surface area (Å²) in [6, 6.07) is 5.05. The minimum atomic E-state index is -1.13. The average Bonchev–Trinajstić information content (AvgIpc) is 3.14. The Morgan fingerprint density at radius 2 is 1.89 bits per heavy atom. The van der Waals surface area contributed by atoms with Gasteiger partial charge in [-0.05, 0) is 38.5 Å². The van der Waals surface area contributed by atoms with E-state index in [0.717, 1.165) is 0 Å². The first-order valence-corrected chi connectivity index (χ1v) is 12.2. The highest BCUT2D eigenvalue weighted by atomic mass is 35.5. The van der Waals surface area contributed by atoms with Crippen molar-refractivity contribution in [3.05, 3.63) is 51.9 Å². The molecule has 2 fully saturated rings. The maximum Gasteiger partial charge on any atom is 0.405 e. The normalized spacial score (nSPS) is 20.9. The Hall–Kier alpha value is -3.31. The van der Waals surface area contributed by atoms with Crippen LogP contribution in [0.25, 0.3) is 10.8 Å². The van der Waals surface area contributed by atoms with Crippen molar-refractivity contribution in [1.82, 2.24) is 30.2 Å². The fourth-order valence-electron chi connectivity index (χ4n) is 4.43. The molecule has 1 saturated carbocycles. The zero-order valence-corrected chi connectivity index (χ0v) is 20.8. The molecule has 0 radical (unpaired) electrons. The van der Waals surface area contributed by atoms with Gasteiger partial charge >= 0.3 is 6.09 Å². The molecule has 35 heavy (non-hydrogen) atoms. The molecule has 3 aromatic rings. The predicted molar refractivity (Wildman–Crippen MR) is 129 cm³/mol. The van der Waals surface area contributed by atoms with Gasteiger partial charge in [-0.2, -0.15) is 0 Å². The van der Waals surface area contributed by atoms with E-state index in [4.69, 9.17) is 21.4 Å². The summed E-state index contributed by atoms with van der Waals surface area (Å²) in [5.74, 6) is 1.22. The lowest BCUT2D eigenvalue weighted by molar-refractivity contribution is 0.0755. The zero-order chi connectivity index (χ0) is 24.9. The van der Waals surface area contributed by atoms with E-state index in [-0.39, 0.29) is 29.0 Å². The molecule has 3 atom stereocenters. The van der Waals surface area contributed by atoms with Crippen LogP contribution < -0.4 is 10.1 Å². The Bertz CT molecular complexity index is 1290. The molecule has 1 aliphatic heterocycles. The molecule has 0 aromatic carbocycles. The zero-order valence-electron chi connectivity index (χ0n) is 19.2. The SMILES string of the molecule is Cc1nc(-c2ncccn2)sc1C(=O)N1C[C@@H]2C(Oc3cc(C(C)(C)NC(=O)O)cc(Cl)n3)[C@@H]2C1. The Morgan fingerprint density at radius 3 is 2.54 bits per heavy atom. The number of halogens is 1. The van der Waals surface area contributed by atoms with Crippen LogP contribution in [0, 0.1) is 18.8 Å². The number of nitrogens with one attached hydrogen (secondary N) is 1. The molecule has 0 spiro atoms. The monoisotopic (exact) mass is 514 g/mol. The molecule has 182 valence electrons. The van der Waals surface area contributed by atoms with Crippen molar-refractivity contribution in [2.75, 3.05) is 13.1 Å². The van der Waals surface area contributed by atoms with Crippen LogP contribution >= 0.6 is 22.9 Å². The number of aryl methyl sites for hydroxylation is 1. The number of thiazole rings is 1. The van der Waals surface area contributed by atoms with E-state index in [0.29, 0.717) is 45.9 Å². The third kappa shape index (κ3) is 4.65. The van der Waals surface area contributed by atoms with Crippen molar-refractivity contribution in [1.29, 1.82) is 0 Å². The quantitative estimate of drug-likeness (QED) is 0.477. The second kappa shape index (κ2) is 8.72. The first-order chi connectivity index (χ1) is 16.6. The number of piperidine rings is 1. The standard InChI is InChI=1S/C23H23ClN6O4S/c1-11-18(35-20(27-11)19-25-5-4-6-26-19)21(31)30-9-13-14(10-30)17(13)34-16-8-12(7-15(24)28-16)23(2,3)29-22(32)33/h4-8,13-14,17,29H,9-10H2,1-3H3,(H,32,33)/t13-,14+,17?. The van der Waals surface area contributed by atoms with Crippen LogP contribution in [0.4, 0.5) is 4.79 Å². The Kier molecular flexibility index (Phi) is 5.84. The summed E-state index contributed by atoms with van der Waals surface area (Å²) in [4.78, 5) is 43.9. The summed E-state index contributed by atoms with van der Waals surface area (Å²) in [6.07, 6.45) is 2.10. The first-order valence-electron chi connectivity index (χ1n) is 11.0. The third-order valence-electron chi connectivity index (χ3n) is 6.32. The molecular weight excluding hydrogens is 492 g/mol. The van der Waals surface area contributed by atoms with Gasteiger partial charge in [0, 0.05) is 43.4 Å². The number of rotatable bonds is 6. The van der Waals surface area contributed by atoms with E-state index in [1.165, 1.54) is 11.3 Å². The highest BCUT2D eigenvalue weighted by Gasteiger charge is 2.59. The summed E-state index contributed by atoms with van der Waals surface area (Å²) in [5.41, 5.74) is 0.454. The van der Waals surface area contributed by atoms with Gasteiger partial charge < -0.3 is 20.1 Å². The van der Waals surface area contributed by atoms with E-state index in [9.17, 15) is 9.59 Å². The summed E-state index contributed by atoms with van der Waals surface area (Å²) in [6.45, 7) is 6.47. The van der Waals surface area contributed by atoms with Crippen LogP contribution in [0.1, 0.15) is 34.8 Å². The van der Waals surface area contributed by atoms with Gasteiger partial charge in [-0.1, -0.05) is 11.6 Å². The van der Waals surface area contributed by atoms with Crippen LogP contribution in [0.15, 0.2) is 30.6 Å². The van der Waals surface area contributed by atoms with Crippen LogP contribution in [0.2, 0.25) is 5.15 Å².